The molecule has 116 valence electrons. The molecule has 0 bridgehead atoms. The van der Waals surface area contributed by atoms with Crippen LogP contribution in [0.5, 0.6) is 0 Å². The van der Waals surface area contributed by atoms with Crippen molar-refractivity contribution in [3.05, 3.63) is 65.6 Å². The first-order chi connectivity index (χ1) is 11.3. The van der Waals surface area contributed by atoms with Gasteiger partial charge in [-0.2, -0.15) is 0 Å². The summed E-state index contributed by atoms with van der Waals surface area (Å²) in [6, 6.07) is 11.3. The maximum atomic E-state index is 12.1. The number of aromatic nitrogens is 2. The number of nitrogens with zero attached hydrogens (tertiary/aromatic N) is 2. The average molecular weight is 308 g/mol. The summed E-state index contributed by atoms with van der Waals surface area (Å²) in [6.07, 6.45) is 5.39. The number of fused-ring (bicyclic) bond motifs is 1. The molecule has 0 unspecified atom stereocenters. The van der Waals surface area contributed by atoms with Crippen LogP contribution in [0.1, 0.15) is 21.6 Å². The van der Waals surface area contributed by atoms with Gasteiger partial charge in [0.15, 0.2) is 0 Å². The molecule has 6 nitrogen and oxygen atoms in total. The summed E-state index contributed by atoms with van der Waals surface area (Å²) in [5.74, 6) is -0.176. The second-order valence-electron chi connectivity index (χ2n) is 5.08. The van der Waals surface area contributed by atoms with Crippen LogP contribution in [0.4, 0.5) is 0 Å². The van der Waals surface area contributed by atoms with E-state index in [-0.39, 0.29) is 5.91 Å². The molecule has 0 fully saturated rings. The van der Waals surface area contributed by atoms with Crippen molar-refractivity contribution >= 4 is 23.0 Å². The molecule has 6 heteroatoms. The number of carbonyl (C=O) groups excluding carboxylic acids is 1. The summed E-state index contributed by atoms with van der Waals surface area (Å²) < 4.78 is 0. The van der Waals surface area contributed by atoms with Crippen molar-refractivity contribution in [3.8, 4) is 0 Å². The number of aromatic amines is 1. The van der Waals surface area contributed by atoms with E-state index in [0.29, 0.717) is 17.8 Å². The van der Waals surface area contributed by atoms with Crippen LogP contribution in [0, 0.1) is 0 Å². The topological polar surface area (TPSA) is 90.4 Å². The van der Waals surface area contributed by atoms with Gasteiger partial charge in [0.25, 0.3) is 5.91 Å². The number of para-hydroxylation sites is 1. The zero-order valence-electron chi connectivity index (χ0n) is 12.4. The fourth-order valence-electron chi connectivity index (χ4n) is 2.43. The lowest BCUT2D eigenvalue weighted by Gasteiger charge is -2.05. The van der Waals surface area contributed by atoms with Gasteiger partial charge in [-0.05, 0) is 30.2 Å². The normalized spacial score (nSPS) is 11.1. The minimum Gasteiger partial charge on any atom is -0.411 e. The molecule has 3 rings (SSSR count). The molecule has 1 amide bonds. The Morgan fingerprint density at radius 2 is 2.17 bits per heavy atom. The van der Waals surface area contributed by atoms with Gasteiger partial charge in [-0.1, -0.05) is 23.4 Å². The number of carbonyl (C=O) groups is 1. The predicted molar refractivity (Wildman–Crippen MR) is 88.0 cm³/mol. The molecule has 0 aliphatic carbocycles. The van der Waals surface area contributed by atoms with Crippen LogP contribution >= 0.6 is 0 Å². The lowest BCUT2D eigenvalue weighted by Crippen LogP contribution is -2.25. The van der Waals surface area contributed by atoms with Crippen molar-refractivity contribution in [2.75, 3.05) is 6.54 Å². The Morgan fingerprint density at radius 3 is 2.96 bits per heavy atom. The highest BCUT2D eigenvalue weighted by molar-refractivity contribution is 5.94. The second kappa shape index (κ2) is 6.74. The van der Waals surface area contributed by atoms with Crippen LogP contribution < -0.4 is 5.32 Å². The van der Waals surface area contributed by atoms with Gasteiger partial charge in [0.05, 0.1) is 17.5 Å². The molecule has 0 aliphatic heterocycles. The maximum Gasteiger partial charge on any atom is 0.252 e. The Morgan fingerprint density at radius 1 is 1.30 bits per heavy atom. The van der Waals surface area contributed by atoms with Crippen LogP contribution in [0.2, 0.25) is 0 Å². The quantitative estimate of drug-likeness (QED) is 0.384. The summed E-state index contributed by atoms with van der Waals surface area (Å²) in [5.41, 5.74) is 3.23. The van der Waals surface area contributed by atoms with E-state index in [1.165, 1.54) is 23.4 Å². The fraction of sp³-hybridized carbons (Fsp3) is 0.118. The Bertz CT molecular complexity index is 837. The highest BCUT2D eigenvalue weighted by Crippen LogP contribution is 2.17. The van der Waals surface area contributed by atoms with Crippen molar-refractivity contribution in [1.82, 2.24) is 15.3 Å². The van der Waals surface area contributed by atoms with E-state index in [0.717, 1.165) is 11.9 Å². The third-order valence-corrected chi connectivity index (χ3v) is 3.59. The zero-order valence-corrected chi connectivity index (χ0v) is 12.4. The van der Waals surface area contributed by atoms with E-state index in [1.807, 2.05) is 24.4 Å². The van der Waals surface area contributed by atoms with Crippen LogP contribution in [-0.2, 0) is 6.42 Å². The highest BCUT2D eigenvalue weighted by atomic mass is 16.4. The van der Waals surface area contributed by atoms with Gasteiger partial charge in [0, 0.05) is 29.8 Å². The number of oxime groups is 1. The van der Waals surface area contributed by atoms with Gasteiger partial charge in [0.2, 0.25) is 0 Å². The van der Waals surface area contributed by atoms with Gasteiger partial charge in [0.1, 0.15) is 0 Å². The van der Waals surface area contributed by atoms with E-state index in [1.54, 1.807) is 12.1 Å². The molecule has 0 aliphatic rings. The highest BCUT2D eigenvalue weighted by Gasteiger charge is 2.07. The molecule has 0 atom stereocenters. The molecule has 0 saturated heterocycles. The van der Waals surface area contributed by atoms with E-state index in [9.17, 15) is 4.79 Å². The molecule has 3 aromatic rings. The third-order valence-electron chi connectivity index (χ3n) is 3.59. The number of benzene rings is 1. The molecular formula is C17H16N4O2. The molecule has 23 heavy (non-hydrogen) atoms. The van der Waals surface area contributed by atoms with E-state index in [4.69, 9.17) is 5.21 Å². The molecule has 0 radical (unpaired) electrons. The Hall–Kier alpha value is -3.15. The molecule has 2 aromatic heterocycles. The van der Waals surface area contributed by atoms with Gasteiger partial charge in [-0.3, -0.25) is 9.78 Å². The first-order valence-electron chi connectivity index (χ1n) is 7.24. The third kappa shape index (κ3) is 3.37. The Balaban J connectivity index is 1.58. The van der Waals surface area contributed by atoms with Crippen molar-refractivity contribution in [3.63, 3.8) is 0 Å². The van der Waals surface area contributed by atoms with E-state index < -0.39 is 0 Å². The van der Waals surface area contributed by atoms with Gasteiger partial charge < -0.3 is 15.5 Å². The van der Waals surface area contributed by atoms with Gasteiger partial charge in [-0.25, -0.2) is 0 Å². The monoisotopic (exact) mass is 308 g/mol. The minimum absolute atomic E-state index is 0.176. The minimum atomic E-state index is -0.176. The van der Waals surface area contributed by atoms with Crippen molar-refractivity contribution in [2.45, 2.75) is 6.42 Å². The number of hydrogen-bond donors (Lipinski definition) is 3. The summed E-state index contributed by atoms with van der Waals surface area (Å²) in [7, 11) is 0. The van der Waals surface area contributed by atoms with E-state index >= 15 is 0 Å². The lowest BCUT2D eigenvalue weighted by atomic mass is 10.1. The Labute approximate surface area is 132 Å². The molecule has 2 heterocycles. The smallest absolute Gasteiger partial charge is 0.252 e. The molecule has 3 N–H and O–H groups in total. The van der Waals surface area contributed by atoms with E-state index in [2.05, 4.69) is 26.5 Å². The van der Waals surface area contributed by atoms with Crippen LogP contribution in [0.3, 0.4) is 0 Å². The summed E-state index contributed by atoms with van der Waals surface area (Å²) in [5, 5.41) is 15.4. The maximum absolute atomic E-state index is 12.1. The van der Waals surface area contributed by atoms with Gasteiger partial charge >= 0.3 is 0 Å². The Kier molecular flexibility index (Phi) is 4.33. The van der Waals surface area contributed by atoms with Gasteiger partial charge in [-0.15, -0.1) is 0 Å². The van der Waals surface area contributed by atoms with Crippen LogP contribution in [0.15, 0.2) is 53.9 Å². The van der Waals surface area contributed by atoms with Crippen LogP contribution in [-0.4, -0.2) is 33.8 Å². The fourth-order valence-corrected chi connectivity index (χ4v) is 2.43. The standard InChI is InChI=1S/C17H16N4O2/c22-17(13-5-6-14(11-21-23)19-10-13)18-8-7-12-9-20-16-4-2-1-3-15(12)16/h1-6,9-11,20,23H,7-8H2,(H,18,22)/b21-11+. The molecule has 0 saturated carbocycles. The first kappa shape index (κ1) is 14.8. The molecular weight excluding hydrogens is 292 g/mol. The zero-order chi connectivity index (χ0) is 16.1. The van der Waals surface area contributed by atoms with Crippen molar-refractivity contribution in [1.29, 1.82) is 0 Å². The summed E-state index contributed by atoms with van der Waals surface area (Å²) in [6.45, 7) is 0.542. The number of rotatable bonds is 5. The average Bonchev–Trinajstić information content (AvgIpc) is 2.99. The SMILES string of the molecule is O=C(NCCc1c[nH]c2ccccc12)c1ccc(/C=N/O)nc1. The van der Waals surface area contributed by atoms with Crippen molar-refractivity contribution < 1.29 is 10.0 Å². The molecule has 1 aromatic carbocycles. The second-order valence-corrected chi connectivity index (χ2v) is 5.08. The number of hydrogen-bond acceptors (Lipinski definition) is 4. The lowest BCUT2D eigenvalue weighted by molar-refractivity contribution is 0.0954. The number of nitrogens with one attached hydrogen (secondary N) is 2. The first-order valence-corrected chi connectivity index (χ1v) is 7.24. The molecule has 0 spiro atoms. The number of amides is 1. The summed E-state index contributed by atoms with van der Waals surface area (Å²) in [4.78, 5) is 19.3. The predicted octanol–water partition coefficient (Wildman–Crippen LogP) is 2.34. The number of pyridine rings is 1. The number of H-pyrrole nitrogens is 1. The van der Waals surface area contributed by atoms with Crippen LogP contribution in [0.25, 0.3) is 10.9 Å². The van der Waals surface area contributed by atoms with Crippen molar-refractivity contribution in [2.24, 2.45) is 5.16 Å². The largest absolute Gasteiger partial charge is 0.411 e. The summed E-state index contributed by atoms with van der Waals surface area (Å²) >= 11 is 0.